The standard InChI is InChI=1S/C16H18OS/c1-15(2)14(16(15,3)4)12(17)11-7-5-6-10-8-9-18-13(10)11/h5-9,14H,1-4H3. The van der Waals surface area contributed by atoms with E-state index in [-0.39, 0.29) is 16.7 Å². The second kappa shape index (κ2) is 3.45. The molecule has 1 saturated carbocycles. The van der Waals surface area contributed by atoms with Crippen LogP contribution in [0.25, 0.3) is 10.1 Å². The first-order valence-corrected chi connectivity index (χ1v) is 7.26. The van der Waals surface area contributed by atoms with E-state index in [9.17, 15) is 4.79 Å². The molecule has 3 rings (SSSR count). The number of carbonyl (C=O) groups is 1. The van der Waals surface area contributed by atoms with Gasteiger partial charge in [-0.15, -0.1) is 11.3 Å². The Bertz CT molecular complexity index is 619. The van der Waals surface area contributed by atoms with Crippen LogP contribution in [0.3, 0.4) is 0 Å². The van der Waals surface area contributed by atoms with Crippen molar-refractivity contribution in [2.45, 2.75) is 27.7 Å². The van der Waals surface area contributed by atoms with Gasteiger partial charge in [-0.25, -0.2) is 0 Å². The molecule has 0 unspecified atom stereocenters. The molecular weight excluding hydrogens is 240 g/mol. The van der Waals surface area contributed by atoms with E-state index >= 15 is 0 Å². The van der Waals surface area contributed by atoms with E-state index in [0.29, 0.717) is 5.78 Å². The molecule has 1 aromatic carbocycles. The van der Waals surface area contributed by atoms with Gasteiger partial charge in [-0.2, -0.15) is 0 Å². The zero-order valence-corrected chi connectivity index (χ0v) is 12.1. The third kappa shape index (κ3) is 1.36. The fourth-order valence-corrected chi connectivity index (χ4v) is 4.11. The molecular formula is C16H18OS. The summed E-state index contributed by atoms with van der Waals surface area (Å²) in [6.45, 7) is 8.79. The predicted molar refractivity (Wildman–Crippen MR) is 77.2 cm³/mol. The average molecular weight is 258 g/mol. The lowest BCUT2D eigenvalue weighted by atomic mass is 10.0. The summed E-state index contributed by atoms with van der Waals surface area (Å²) < 4.78 is 1.14. The molecule has 1 aliphatic carbocycles. The van der Waals surface area contributed by atoms with E-state index in [1.165, 1.54) is 5.39 Å². The largest absolute Gasteiger partial charge is 0.294 e. The highest BCUT2D eigenvalue weighted by Gasteiger charge is 2.67. The molecule has 0 aliphatic heterocycles. The van der Waals surface area contributed by atoms with Gasteiger partial charge in [0.05, 0.1) is 0 Å². The van der Waals surface area contributed by atoms with Crippen LogP contribution < -0.4 is 0 Å². The molecule has 94 valence electrons. The van der Waals surface area contributed by atoms with Crippen LogP contribution in [-0.4, -0.2) is 5.78 Å². The Morgan fingerprint density at radius 3 is 2.39 bits per heavy atom. The molecule has 2 aromatic rings. The van der Waals surface area contributed by atoms with Crippen LogP contribution in [-0.2, 0) is 0 Å². The topological polar surface area (TPSA) is 17.1 Å². The normalized spacial score (nSPS) is 21.1. The number of thiophene rings is 1. The van der Waals surface area contributed by atoms with Crippen molar-refractivity contribution in [3.63, 3.8) is 0 Å². The third-order valence-corrected chi connectivity index (χ3v) is 5.99. The second-order valence-corrected chi connectivity index (χ2v) is 7.30. The van der Waals surface area contributed by atoms with Crippen LogP contribution in [0.4, 0.5) is 0 Å². The maximum absolute atomic E-state index is 12.8. The summed E-state index contributed by atoms with van der Waals surface area (Å²) in [7, 11) is 0. The van der Waals surface area contributed by atoms with Gasteiger partial charge in [0, 0.05) is 16.2 Å². The molecule has 0 radical (unpaired) electrons. The molecule has 0 saturated heterocycles. The first kappa shape index (κ1) is 11.9. The Morgan fingerprint density at radius 2 is 1.78 bits per heavy atom. The lowest BCUT2D eigenvalue weighted by Gasteiger charge is -2.04. The molecule has 1 aromatic heterocycles. The van der Waals surface area contributed by atoms with E-state index < -0.39 is 0 Å². The van der Waals surface area contributed by atoms with E-state index in [2.05, 4.69) is 45.2 Å². The predicted octanol–water partition coefficient (Wildman–Crippen LogP) is 4.77. The van der Waals surface area contributed by atoms with Gasteiger partial charge < -0.3 is 0 Å². The zero-order valence-electron chi connectivity index (χ0n) is 11.3. The van der Waals surface area contributed by atoms with E-state index in [1.807, 2.05) is 12.1 Å². The van der Waals surface area contributed by atoms with Crippen molar-refractivity contribution in [2.75, 3.05) is 0 Å². The summed E-state index contributed by atoms with van der Waals surface area (Å²) in [5, 5.41) is 3.24. The summed E-state index contributed by atoms with van der Waals surface area (Å²) in [5.41, 5.74) is 1.14. The Kier molecular flexibility index (Phi) is 2.28. The number of fused-ring (bicyclic) bond motifs is 1. The van der Waals surface area contributed by atoms with Gasteiger partial charge in [-0.05, 0) is 33.7 Å². The average Bonchev–Trinajstić information content (AvgIpc) is 2.69. The summed E-state index contributed by atoms with van der Waals surface area (Å²) in [6, 6.07) is 8.13. The first-order valence-electron chi connectivity index (χ1n) is 6.38. The number of ketones is 1. The number of rotatable bonds is 2. The van der Waals surface area contributed by atoms with Crippen LogP contribution in [0.1, 0.15) is 38.1 Å². The Hall–Kier alpha value is -1.15. The molecule has 1 aliphatic rings. The van der Waals surface area contributed by atoms with Gasteiger partial charge in [-0.1, -0.05) is 39.8 Å². The maximum atomic E-state index is 12.8. The Morgan fingerprint density at radius 1 is 1.11 bits per heavy atom. The highest BCUT2D eigenvalue weighted by atomic mass is 32.1. The van der Waals surface area contributed by atoms with Crippen LogP contribution in [0.5, 0.6) is 0 Å². The van der Waals surface area contributed by atoms with Gasteiger partial charge in [0.2, 0.25) is 0 Å². The van der Waals surface area contributed by atoms with E-state index in [0.717, 1.165) is 10.3 Å². The van der Waals surface area contributed by atoms with Crippen LogP contribution >= 0.6 is 11.3 Å². The van der Waals surface area contributed by atoms with Gasteiger partial charge in [-0.3, -0.25) is 4.79 Å². The molecule has 1 nitrogen and oxygen atoms in total. The van der Waals surface area contributed by atoms with Crippen molar-refractivity contribution >= 4 is 27.2 Å². The van der Waals surface area contributed by atoms with Crippen LogP contribution in [0, 0.1) is 16.7 Å². The molecule has 1 fully saturated rings. The Labute approximate surface area is 112 Å². The molecule has 0 N–H and O–H groups in total. The molecule has 1 heterocycles. The number of benzene rings is 1. The van der Waals surface area contributed by atoms with E-state index in [4.69, 9.17) is 0 Å². The SMILES string of the molecule is CC1(C)C(C(=O)c2cccc3ccsc23)C1(C)C. The van der Waals surface area contributed by atoms with Crippen molar-refractivity contribution in [1.29, 1.82) is 0 Å². The molecule has 0 amide bonds. The van der Waals surface area contributed by atoms with Gasteiger partial charge in [0.1, 0.15) is 0 Å². The molecule has 0 bridgehead atoms. The number of hydrogen-bond acceptors (Lipinski definition) is 2. The zero-order chi connectivity index (χ0) is 13.1. The fraction of sp³-hybridized carbons (Fsp3) is 0.438. The number of hydrogen-bond donors (Lipinski definition) is 0. The summed E-state index contributed by atoms with van der Waals surface area (Å²) in [5.74, 6) is 0.468. The second-order valence-electron chi connectivity index (χ2n) is 6.39. The first-order chi connectivity index (χ1) is 8.37. The third-order valence-electron chi connectivity index (χ3n) is 5.03. The van der Waals surface area contributed by atoms with Crippen LogP contribution in [0.15, 0.2) is 29.6 Å². The van der Waals surface area contributed by atoms with Crippen molar-refractivity contribution in [3.05, 3.63) is 35.2 Å². The number of carbonyl (C=O) groups excluding carboxylic acids is 1. The monoisotopic (exact) mass is 258 g/mol. The molecule has 0 spiro atoms. The Balaban J connectivity index is 2.07. The van der Waals surface area contributed by atoms with E-state index in [1.54, 1.807) is 11.3 Å². The lowest BCUT2D eigenvalue weighted by Crippen LogP contribution is -2.07. The maximum Gasteiger partial charge on any atom is 0.168 e. The minimum absolute atomic E-state index is 0.115. The number of Topliss-reactive ketones (excluding diaryl/α,β-unsaturated/α-hetero) is 1. The summed E-state index contributed by atoms with van der Waals surface area (Å²) in [6.07, 6.45) is 0. The quantitative estimate of drug-likeness (QED) is 0.709. The molecule has 18 heavy (non-hydrogen) atoms. The van der Waals surface area contributed by atoms with Crippen molar-refractivity contribution in [1.82, 2.24) is 0 Å². The van der Waals surface area contributed by atoms with Crippen molar-refractivity contribution in [2.24, 2.45) is 16.7 Å². The molecule has 2 heteroatoms. The minimum atomic E-state index is 0.115. The fourth-order valence-electron chi connectivity index (χ4n) is 3.19. The minimum Gasteiger partial charge on any atom is -0.294 e. The molecule has 0 atom stereocenters. The summed E-state index contributed by atoms with van der Waals surface area (Å²) >= 11 is 1.67. The van der Waals surface area contributed by atoms with Crippen molar-refractivity contribution in [3.8, 4) is 0 Å². The smallest absolute Gasteiger partial charge is 0.168 e. The van der Waals surface area contributed by atoms with Crippen LogP contribution in [0.2, 0.25) is 0 Å². The lowest BCUT2D eigenvalue weighted by molar-refractivity contribution is 0.0947. The van der Waals surface area contributed by atoms with Gasteiger partial charge in [0.15, 0.2) is 5.78 Å². The van der Waals surface area contributed by atoms with Gasteiger partial charge in [0.25, 0.3) is 0 Å². The van der Waals surface area contributed by atoms with Crippen molar-refractivity contribution < 1.29 is 4.79 Å². The highest BCUT2D eigenvalue weighted by Crippen LogP contribution is 2.69. The van der Waals surface area contributed by atoms with Gasteiger partial charge >= 0.3 is 0 Å². The highest BCUT2D eigenvalue weighted by molar-refractivity contribution is 7.17. The summed E-state index contributed by atoms with van der Waals surface area (Å²) in [4.78, 5) is 12.8.